The van der Waals surface area contributed by atoms with Gasteiger partial charge in [0.15, 0.2) is 0 Å². The summed E-state index contributed by atoms with van der Waals surface area (Å²) >= 11 is 0. The molecule has 0 aliphatic carbocycles. The van der Waals surface area contributed by atoms with E-state index in [-0.39, 0.29) is 18.1 Å². The molecule has 4 rings (SSSR count). The minimum absolute atomic E-state index is 0.0181. The van der Waals surface area contributed by atoms with Crippen LogP contribution in [0.4, 0.5) is 5.69 Å². The number of anilines is 1. The van der Waals surface area contributed by atoms with Crippen molar-refractivity contribution in [2.24, 2.45) is 5.41 Å². The summed E-state index contributed by atoms with van der Waals surface area (Å²) in [5.41, 5.74) is 11.5. The second-order valence-corrected chi connectivity index (χ2v) is 9.98. The Hall–Kier alpha value is -2.66. The Kier molecular flexibility index (Phi) is 8.97. The zero-order valence-electron chi connectivity index (χ0n) is 21.0. The predicted octanol–water partition coefficient (Wildman–Crippen LogP) is 6.14. The Morgan fingerprint density at radius 1 is 0.943 bits per heavy atom. The molecule has 4 heteroatoms. The van der Waals surface area contributed by atoms with Crippen molar-refractivity contribution in [1.29, 1.82) is 0 Å². The topological polar surface area (TPSA) is 58.7 Å². The van der Waals surface area contributed by atoms with Gasteiger partial charge in [-0.2, -0.15) is 0 Å². The minimum atomic E-state index is -0.0181. The van der Waals surface area contributed by atoms with Crippen molar-refractivity contribution >= 4 is 5.69 Å². The van der Waals surface area contributed by atoms with Crippen LogP contribution < -0.4 is 5.73 Å². The van der Waals surface area contributed by atoms with E-state index in [2.05, 4.69) is 78.6 Å². The standard InChI is InChI=1S/C31H40N2O2/c1-2-21-35-30(27-11-7-4-8-12-27)31(16-15-25-9-5-3-6-10-25)17-19-33(20-18-31)23-26-13-14-29(32)28(22-26)24-34/h3-14,22,30,34H,2,15-21,23-24,32H2,1H3. The number of nitrogens with zero attached hydrogens (tertiary/aromatic N) is 1. The summed E-state index contributed by atoms with van der Waals surface area (Å²) in [6, 6.07) is 27.7. The van der Waals surface area contributed by atoms with E-state index in [0.717, 1.165) is 63.9 Å². The third kappa shape index (κ3) is 6.52. The molecule has 1 aliphatic heterocycles. The maximum Gasteiger partial charge on any atom is 0.0882 e. The van der Waals surface area contributed by atoms with Gasteiger partial charge in [0.25, 0.3) is 0 Å². The zero-order valence-corrected chi connectivity index (χ0v) is 21.0. The number of rotatable bonds is 11. The molecule has 0 spiro atoms. The molecule has 1 unspecified atom stereocenters. The Labute approximate surface area is 210 Å². The van der Waals surface area contributed by atoms with Crippen LogP contribution in [-0.2, 0) is 24.3 Å². The van der Waals surface area contributed by atoms with Crippen LogP contribution in [0.15, 0.2) is 78.9 Å². The number of benzene rings is 3. The van der Waals surface area contributed by atoms with Crippen LogP contribution in [0.25, 0.3) is 0 Å². The normalized spacial score (nSPS) is 16.7. The molecule has 3 N–H and O–H groups in total. The molecule has 0 saturated carbocycles. The fraction of sp³-hybridized carbons (Fsp3) is 0.419. The summed E-state index contributed by atoms with van der Waals surface area (Å²) in [6.07, 6.45) is 5.51. The molecule has 1 saturated heterocycles. The lowest BCUT2D eigenvalue weighted by atomic mass is 9.68. The van der Waals surface area contributed by atoms with E-state index in [1.807, 2.05) is 12.1 Å². The first-order valence-electron chi connectivity index (χ1n) is 13.0. The van der Waals surface area contributed by atoms with Crippen LogP contribution in [0.1, 0.15) is 61.0 Å². The highest BCUT2D eigenvalue weighted by atomic mass is 16.5. The molecule has 4 nitrogen and oxygen atoms in total. The molecule has 1 aliphatic rings. The monoisotopic (exact) mass is 472 g/mol. The van der Waals surface area contributed by atoms with E-state index in [1.165, 1.54) is 16.7 Å². The molecule has 1 fully saturated rings. The van der Waals surface area contributed by atoms with E-state index < -0.39 is 0 Å². The number of aryl methyl sites for hydroxylation is 1. The lowest BCUT2D eigenvalue weighted by Crippen LogP contribution is -2.44. The Balaban J connectivity index is 1.54. The van der Waals surface area contributed by atoms with Crippen molar-refractivity contribution in [3.05, 3.63) is 101 Å². The first kappa shape index (κ1) is 25.4. The molecule has 0 aromatic heterocycles. The van der Waals surface area contributed by atoms with Gasteiger partial charge in [0.1, 0.15) is 0 Å². The van der Waals surface area contributed by atoms with Gasteiger partial charge in [-0.3, -0.25) is 4.90 Å². The van der Waals surface area contributed by atoms with Crippen LogP contribution in [0.3, 0.4) is 0 Å². The number of nitrogens with two attached hydrogens (primary N) is 1. The minimum Gasteiger partial charge on any atom is -0.398 e. The zero-order chi connectivity index (χ0) is 24.5. The van der Waals surface area contributed by atoms with Gasteiger partial charge >= 0.3 is 0 Å². The summed E-state index contributed by atoms with van der Waals surface area (Å²) in [4.78, 5) is 2.54. The Bertz CT molecular complexity index is 1030. The third-order valence-corrected chi connectivity index (χ3v) is 7.54. The van der Waals surface area contributed by atoms with Gasteiger partial charge in [-0.15, -0.1) is 0 Å². The predicted molar refractivity (Wildman–Crippen MR) is 144 cm³/mol. The number of hydrogen-bond acceptors (Lipinski definition) is 4. The number of piperidine rings is 1. The summed E-state index contributed by atoms with van der Waals surface area (Å²) < 4.78 is 6.65. The molecule has 0 amide bonds. The maximum atomic E-state index is 9.60. The molecular weight excluding hydrogens is 432 g/mol. The highest BCUT2D eigenvalue weighted by molar-refractivity contribution is 5.48. The molecule has 1 atom stereocenters. The molecule has 186 valence electrons. The smallest absolute Gasteiger partial charge is 0.0882 e. The van der Waals surface area contributed by atoms with Crippen molar-refractivity contribution in [3.8, 4) is 0 Å². The summed E-state index contributed by atoms with van der Waals surface area (Å²) in [5, 5.41) is 9.60. The van der Waals surface area contributed by atoms with Gasteiger partial charge in [-0.25, -0.2) is 0 Å². The largest absolute Gasteiger partial charge is 0.398 e. The number of ether oxygens (including phenoxy) is 1. The summed E-state index contributed by atoms with van der Waals surface area (Å²) in [5.74, 6) is 0. The molecule has 0 radical (unpaired) electrons. The average Bonchev–Trinajstić information content (AvgIpc) is 2.91. The van der Waals surface area contributed by atoms with Crippen LogP contribution in [0, 0.1) is 5.41 Å². The van der Waals surface area contributed by atoms with Gasteiger partial charge in [-0.1, -0.05) is 79.7 Å². The highest BCUT2D eigenvalue weighted by Gasteiger charge is 2.42. The van der Waals surface area contributed by atoms with Gasteiger partial charge in [-0.05, 0) is 68.0 Å². The van der Waals surface area contributed by atoms with Crippen molar-refractivity contribution in [2.45, 2.75) is 58.3 Å². The second-order valence-electron chi connectivity index (χ2n) is 9.98. The van der Waals surface area contributed by atoms with Gasteiger partial charge in [0.05, 0.1) is 12.7 Å². The van der Waals surface area contributed by atoms with Crippen LogP contribution in [-0.4, -0.2) is 29.7 Å². The highest BCUT2D eigenvalue weighted by Crippen LogP contribution is 2.49. The summed E-state index contributed by atoms with van der Waals surface area (Å²) in [6.45, 7) is 5.91. The van der Waals surface area contributed by atoms with Crippen LogP contribution >= 0.6 is 0 Å². The van der Waals surface area contributed by atoms with Crippen LogP contribution in [0.2, 0.25) is 0 Å². The number of aliphatic hydroxyl groups excluding tert-OH is 1. The van der Waals surface area contributed by atoms with Crippen molar-refractivity contribution in [3.63, 3.8) is 0 Å². The molecule has 1 heterocycles. The van der Waals surface area contributed by atoms with Gasteiger partial charge in [0, 0.05) is 29.8 Å². The van der Waals surface area contributed by atoms with Crippen LogP contribution in [0.5, 0.6) is 0 Å². The SMILES string of the molecule is CCCOC(c1ccccc1)C1(CCc2ccccc2)CCN(Cc2ccc(N)c(CO)c2)CC1. The molecule has 3 aromatic carbocycles. The number of nitrogen functional groups attached to an aromatic ring is 1. The van der Waals surface area contributed by atoms with Gasteiger partial charge in [0.2, 0.25) is 0 Å². The quantitative estimate of drug-likeness (QED) is 0.329. The van der Waals surface area contributed by atoms with Crippen molar-refractivity contribution in [2.75, 3.05) is 25.4 Å². The lowest BCUT2D eigenvalue weighted by Gasteiger charge is -2.47. The number of likely N-dealkylation sites (tertiary alicyclic amines) is 1. The Morgan fingerprint density at radius 2 is 1.63 bits per heavy atom. The fourth-order valence-electron chi connectivity index (χ4n) is 5.48. The summed E-state index contributed by atoms with van der Waals surface area (Å²) in [7, 11) is 0. The first-order chi connectivity index (χ1) is 17.1. The third-order valence-electron chi connectivity index (χ3n) is 7.54. The Morgan fingerprint density at radius 3 is 2.29 bits per heavy atom. The second kappa shape index (κ2) is 12.3. The van der Waals surface area contributed by atoms with E-state index in [1.54, 1.807) is 0 Å². The molecule has 0 bridgehead atoms. The fourth-order valence-corrected chi connectivity index (χ4v) is 5.48. The molecule has 35 heavy (non-hydrogen) atoms. The molecular formula is C31H40N2O2. The lowest BCUT2D eigenvalue weighted by molar-refractivity contribution is -0.0789. The van der Waals surface area contributed by atoms with Crippen molar-refractivity contribution < 1.29 is 9.84 Å². The van der Waals surface area contributed by atoms with Crippen molar-refractivity contribution in [1.82, 2.24) is 4.90 Å². The van der Waals surface area contributed by atoms with E-state index in [4.69, 9.17) is 10.5 Å². The number of aliphatic hydroxyl groups is 1. The van der Waals surface area contributed by atoms with E-state index in [9.17, 15) is 5.11 Å². The van der Waals surface area contributed by atoms with Gasteiger partial charge < -0.3 is 15.6 Å². The van der Waals surface area contributed by atoms with E-state index >= 15 is 0 Å². The first-order valence-corrected chi connectivity index (χ1v) is 13.0. The molecule has 3 aromatic rings. The number of hydrogen-bond donors (Lipinski definition) is 2. The average molecular weight is 473 g/mol. The van der Waals surface area contributed by atoms with E-state index in [0.29, 0.717) is 5.69 Å². The maximum absolute atomic E-state index is 9.60.